The second-order valence-corrected chi connectivity index (χ2v) is 7.44. The first kappa shape index (κ1) is 20.3. The quantitative estimate of drug-likeness (QED) is 0.601. The van der Waals surface area contributed by atoms with Crippen LogP contribution in [0.2, 0.25) is 5.02 Å². The van der Waals surface area contributed by atoms with Crippen molar-refractivity contribution in [1.82, 2.24) is 4.57 Å². The van der Waals surface area contributed by atoms with E-state index in [4.69, 9.17) is 11.6 Å². The summed E-state index contributed by atoms with van der Waals surface area (Å²) in [5, 5.41) is 3.64. The topological polar surface area (TPSA) is 51.1 Å². The highest BCUT2D eigenvalue weighted by atomic mass is 35.5. The second kappa shape index (κ2) is 7.89. The molecule has 2 aromatic carbocycles. The van der Waals surface area contributed by atoms with Gasteiger partial charge in [0.2, 0.25) is 5.91 Å². The lowest BCUT2D eigenvalue weighted by Crippen LogP contribution is -2.17. The van der Waals surface area contributed by atoms with Gasteiger partial charge in [0.1, 0.15) is 0 Å². The number of aromatic nitrogens is 1. The van der Waals surface area contributed by atoms with E-state index in [0.29, 0.717) is 20.8 Å². The molecule has 1 N–H and O–H groups in total. The van der Waals surface area contributed by atoms with Gasteiger partial charge in [-0.25, -0.2) is 0 Å². The lowest BCUT2D eigenvalue weighted by Gasteiger charge is -2.11. The minimum absolute atomic E-state index is 0.0531. The summed E-state index contributed by atoms with van der Waals surface area (Å²) >= 11 is 7.15. The van der Waals surface area contributed by atoms with Crippen molar-refractivity contribution in [2.75, 3.05) is 11.1 Å². The van der Waals surface area contributed by atoms with Gasteiger partial charge < -0.3 is 9.88 Å². The number of amides is 1. The van der Waals surface area contributed by atoms with Crippen LogP contribution >= 0.6 is 23.4 Å². The lowest BCUT2D eigenvalue weighted by atomic mass is 10.2. The van der Waals surface area contributed by atoms with Gasteiger partial charge >= 0.3 is 6.18 Å². The molecule has 4 nitrogen and oxygen atoms in total. The van der Waals surface area contributed by atoms with E-state index >= 15 is 0 Å². The Bertz CT molecular complexity index is 1110. The zero-order chi connectivity index (χ0) is 20.5. The van der Waals surface area contributed by atoms with E-state index < -0.39 is 17.6 Å². The molecule has 0 radical (unpaired) electrons. The van der Waals surface area contributed by atoms with Crippen LogP contribution in [0.3, 0.4) is 0 Å². The number of fused-ring (bicyclic) bond motifs is 1. The summed E-state index contributed by atoms with van der Waals surface area (Å²) in [5.41, 5.74) is -0.365. The summed E-state index contributed by atoms with van der Waals surface area (Å²) in [7, 11) is 1.63. The van der Waals surface area contributed by atoms with Gasteiger partial charge in [-0.05, 0) is 36.4 Å². The van der Waals surface area contributed by atoms with Crippen molar-refractivity contribution >= 4 is 45.9 Å². The Balaban J connectivity index is 1.78. The third-order valence-corrected chi connectivity index (χ3v) is 5.29. The Kier molecular flexibility index (Phi) is 5.71. The van der Waals surface area contributed by atoms with E-state index in [1.54, 1.807) is 25.2 Å². The molecule has 0 saturated heterocycles. The van der Waals surface area contributed by atoms with Crippen molar-refractivity contribution in [3.05, 3.63) is 69.5 Å². The summed E-state index contributed by atoms with van der Waals surface area (Å²) < 4.78 is 39.8. The Hall–Kier alpha value is -2.45. The van der Waals surface area contributed by atoms with Crippen LogP contribution in [-0.2, 0) is 18.0 Å². The Morgan fingerprint density at radius 1 is 1.18 bits per heavy atom. The first-order chi connectivity index (χ1) is 13.1. The molecular weight excluding hydrogens is 413 g/mol. The van der Waals surface area contributed by atoms with Crippen LogP contribution in [0.25, 0.3) is 10.9 Å². The fourth-order valence-electron chi connectivity index (χ4n) is 2.64. The molecule has 1 heterocycles. The minimum atomic E-state index is -4.49. The zero-order valence-corrected chi connectivity index (χ0v) is 16.1. The van der Waals surface area contributed by atoms with Crippen molar-refractivity contribution in [2.24, 2.45) is 7.05 Å². The average molecular weight is 427 g/mol. The fraction of sp³-hybridized carbons (Fsp3) is 0.158. The highest BCUT2D eigenvalue weighted by molar-refractivity contribution is 8.00. The highest BCUT2D eigenvalue weighted by Gasteiger charge is 2.30. The first-order valence-electron chi connectivity index (χ1n) is 8.04. The van der Waals surface area contributed by atoms with Crippen LogP contribution in [0.5, 0.6) is 0 Å². The summed E-state index contributed by atoms with van der Waals surface area (Å²) in [5.74, 6) is -0.564. The number of hydrogen-bond donors (Lipinski definition) is 1. The van der Waals surface area contributed by atoms with E-state index in [9.17, 15) is 22.8 Å². The maximum Gasteiger partial charge on any atom is 0.416 e. The largest absolute Gasteiger partial charge is 0.416 e. The maximum absolute atomic E-state index is 12.8. The van der Waals surface area contributed by atoms with E-state index in [2.05, 4.69) is 5.32 Å². The van der Waals surface area contributed by atoms with Crippen molar-refractivity contribution in [1.29, 1.82) is 0 Å². The fourth-order valence-corrected chi connectivity index (χ4v) is 3.67. The molecule has 0 aliphatic rings. The molecule has 0 aliphatic heterocycles. The Labute approximate surface area is 167 Å². The molecule has 28 heavy (non-hydrogen) atoms. The van der Waals surface area contributed by atoms with Gasteiger partial charge in [-0.3, -0.25) is 9.59 Å². The molecule has 0 fully saturated rings. The molecule has 0 bridgehead atoms. The average Bonchev–Trinajstić information content (AvgIpc) is 2.63. The number of thioether (sulfide) groups is 1. The molecule has 1 aromatic heterocycles. The smallest absolute Gasteiger partial charge is 0.325 e. The molecule has 3 aromatic rings. The molecule has 0 aliphatic carbocycles. The first-order valence-corrected chi connectivity index (χ1v) is 9.41. The van der Waals surface area contributed by atoms with Crippen molar-refractivity contribution in [3.8, 4) is 0 Å². The van der Waals surface area contributed by atoms with Gasteiger partial charge in [0.25, 0.3) is 5.56 Å². The Morgan fingerprint density at radius 2 is 1.93 bits per heavy atom. The van der Waals surface area contributed by atoms with Gasteiger partial charge in [0, 0.05) is 34.1 Å². The number of benzene rings is 2. The lowest BCUT2D eigenvalue weighted by molar-refractivity contribution is -0.137. The van der Waals surface area contributed by atoms with Crippen LogP contribution in [-0.4, -0.2) is 16.2 Å². The number of nitrogens with zero attached hydrogens (tertiary/aromatic N) is 1. The number of halogens is 4. The number of aryl methyl sites for hydroxylation is 1. The second-order valence-electron chi connectivity index (χ2n) is 5.98. The zero-order valence-electron chi connectivity index (χ0n) is 14.5. The van der Waals surface area contributed by atoms with Gasteiger partial charge in [0.05, 0.1) is 16.8 Å². The van der Waals surface area contributed by atoms with Crippen LogP contribution in [0.15, 0.2) is 58.2 Å². The van der Waals surface area contributed by atoms with E-state index in [-0.39, 0.29) is 17.0 Å². The highest BCUT2D eigenvalue weighted by Crippen LogP contribution is 2.31. The Morgan fingerprint density at radius 3 is 2.64 bits per heavy atom. The summed E-state index contributed by atoms with van der Waals surface area (Å²) in [6, 6.07) is 10.9. The number of nitrogens with one attached hydrogen (secondary N) is 1. The van der Waals surface area contributed by atoms with Gasteiger partial charge in [-0.15, -0.1) is 11.8 Å². The van der Waals surface area contributed by atoms with E-state index in [1.807, 2.05) is 0 Å². The number of pyridine rings is 1. The molecular formula is C19H14ClF3N2O2S. The van der Waals surface area contributed by atoms with Crippen molar-refractivity contribution in [2.45, 2.75) is 11.1 Å². The molecule has 146 valence electrons. The molecule has 1 amide bonds. The third-order valence-electron chi connectivity index (χ3n) is 4.00. The number of carbonyl (C=O) groups is 1. The van der Waals surface area contributed by atoms with Crippen LogP contribution < -0.4 is 10.9 Å². The van der Waals surface area contributed by atoms with Gasteiger partial charge in [-0.2, -0.15) is 13.2 Å². The SMILES string of the molecule is Cn1c(=O)cc(SCC(=O)Nc2cccc(C(F)(F)F)c2)c2cc(Cl)ccc21. The predicted octanol–water partition coefficient (Wildman–Crippen LogP) is 4.94. The molecule has 0 atom stereocenters. The third kappa shape index (κ3) is 4.51. The van der Waals surface area contributed by atoms with Gasteiger partial charge in [0.15, 0.2) is 0 Å². The summed E-state index contributed by atoms with van der Waals surface area (Å²) in [6.07, 6.45) is -4.49. The van der Waals surface area contributed by atoms with Crippen LogP contribution in [0.1, 0.15) is 5.56 Å². The van der Waals surface area contributed by atoms with Crippen molar-refractivity contribution in [3.63, 3.8) is 0 Å². The molecule has 9 heteroatoms. The standard InChI is InChI=1S/C19H14ClF3N2O2S/c1-25-15-6-5-12(20)8-14(15)16(9-18(25)27)28-10-17(26)24-13-4-2-3-11(7-13)19(21,22)23/h2-9H,10H2,1H3,(H,24,26). The van der Waals surface area contributed by atoms with E-state index in [0.717, 1.165) is 23.9 Å². The molecule has 0 saturated carbocycles. The predicted molar refractivity (Wildman–Crippen MR) is 105 cm³/mol. The van der Waals surface area contributed by atoms with E-state index in [1.165, 1.54) is 22.8 Å². The van der Waals surface area contributed by atoms with Crippen molar-refractivity contribution < 1.29 is 18.0 Å². The number of hydrogen-bond acceptors (Lipinski definition) is 3. The molecule has 0 unspecified atom stereocenters. The molecule has 3 rings (SSSR count). The number of rotatable bonds is 4. The van der Waals surface area contributed by atoms with Crippen LogP contribution in [0, 0.1) is 0 Å². The minimum Gasteiger partial charge on any atom is -0.325 e. The molecule has 0 spiro atoms. The normalized spacial score (nSPS) is 11.6. The summed E-state index contributed by atoms with van der Waals surface area (Å²) in [6.45, 7) is 0. The summed E-state index contributed by atoms with van der Waals surface area (Å²) in [4.78, 5) is 24.9. The number of carbonyl (C=O) groups excluding carboxylic acids is 1. The number of anilines is 1. The number of alkyl halides is 3. The van der Waals surface area contributed by atoms with Gasteiger partial charge in [-0.1, -0.05) is 17.7 Å². The monoisotopic (exact) mass is 426 g/mol. The van der Waals surface area contributed by atoms with Crippen LogP contribution in [0.4, 0.5) is 18.9 Å². The maximum atomic E-state index is 12.8.